The third kappa shape index (κ3) is 2.48. The Hall–Kier alpha value is -0.602. The second kappa shape index (κ2) is 4.31. The molecular weight excluding hydrogens is 232 g/mol. The maximum atomic E-state index is 10.6. The smallest absolute Gasteiger partial charge is 0.226 e. The predicted octanol–water partition coefficient (Wildman–Crippen LogP) is -0.165. The van der Waals surface area contributed by atoms with Crippen LogP contribution in [0.5, 0.6) is 5.75 Å². The number of hydrogen-bond donors (Lipinski definition) is 2. The first-order valence-electron chi connectivity index (χ1n) is 2.65. The fourth-order valence-corrected chi connectivity index (χ4v) is 0.527. The normalized spacial score (nSPS) is 8.82. The van der Waals surface area contributed by atoms with Crippen LogP contribution in [-0.2, 0) is 27.7 Å². The molecule has 1 rings (SSSR count). The monoisotopic (exact) mass is 240 g/mol. The number of aliphatic hydroxyl groups excluding tert-OH is 1. The fourth-order valence-electron chi connectivity index (χ4n) is 0.527. The van der Waals surface area contributed by atoms with E-state index in [4.69, 9.17) is 10.2 Å². The second-order valence-electron chi connectivity index (χ2n) is 1.75. The van der Waals surface area contributed by atoms with E-state index in [0.29, 0.717) is 0 Å². The van der Waals surface area contributed by atoms with Crippen molar-refractivity contribution in [2.24, 2.45) is 0 Å². The van der Waals surface area contributed by atoms with Crippen LogP contribution in [0.2, 0.25) is 0 Å². The van der Waals surface area contributed by atoms with Gasteiger partial charge in [0.15, 0.2) is 5.75 Å². The summed E-state index contributed by atoms with van der Waals surface area (Å²) < 4.78 is 4.59. The van der Waals surface area contributed by atoms with E-state index < -0.39 is 11.2 Å². The fraction of sp³-hybridized carbons (Fsp3) is 0.167. The molecule has 0 radical (unpaired) electrons. The molecule has 11 heavy (non-hydrogen) atoms. The molecule has 0 bridgehead atoms. The first-order chi connectivity index (χ1) is 4.74. The molecule has 0 fully saturated rings. The van der Waals surface area contributed by atoms with Gasteiger partial charge in [-0.1, -0.05) is 0 Å². The molecular formula is C6H6MoO4. The molecule has 0 aromatic carbocycles. The van der Waals surface area contributed by atoms with Crippen LogP contribution in [0, 0.1) is 0 Å². The van der Waals surface area contributed by atoms with Crippen LogP contribution in [0.3, 0.4) is 0 Å². The summed E-state index contributed by atoms with van der Waals surface area (Å²) in [5.41, 5.74) is -0.546. The number of aliphatic hydroxyl groups is 1. The molecule has 1 aromatic rings. The first-order valence-corrected chi connectivity index (χ1v) is 2.65. The summed E-state index contributed by atoms with van der Waals surface area (Å²) >= 11 is 0. The molecule has 0 unspecified atom stereocenters. The number of aromatic hydroxyl groups is 1. The van der Waals surface area contributed by atoms with Crippen LogP contribution in [0.4, 0.5) is 0 Å². The van der Waals surface area contributed by atoms with E-state index in [2.05, 4.69) is 4.42 Å². The van der Waals surface area contributed by atoms with Crippen molar-refractivity contribution in [3.63, 3.8) is 0 Å². The van der Waals surface area contributed by atoms with Crippen molar-refractivity contribution in [2.45, 2.75) is 6.61 Å². The SMILES string of the molecule is O=c1cc(CO)occ1O.[Mo]. The van der Waals surface area contributed by atoms with E-state index in [1.165, 1.54) is 0 Å². The summed E-state index contributed by atoms with van der Waals surface area (Å²) in [6, 6.07) is 1.04. The van der Waals surface area contributed by atoms with Crippen LogP contribution in [-0.4, -0.2) is 10.2 Å². The van der Waals surface area contributed by atoms with Gasteiger partial charge in [-0.25, -0.2) is 0 Å². The minimum Gasteiger partial charge on any atom is -0.502 e. The third-order valence-corrected chi connectivity index (χ3v) is 1.02. The Morgan fingerprint density at radius 3 is 2.64 bits per heavy atom. The molecule has 0 aliphatic rings. The molecule has 2 N–H and O–H groups in total. The van der Waals surface area contributed by atoms with E-state index in [1.54, 1.807) is 0 Å². The zero-order valence-corrected chi connectivity index (χ0v) is 7.49. The molecule has 0 aliphatic carbocycles. The predicted molar refractivity (Wildman–Crippen MR) is 32.6 cm³/mol. The molecule has 1 heterocycles. The van der Waals surface area contributed by atoms with Gasteiger partial charge in [0.2, 0.25) is 5.43 Å². The van der Waals surface area contributed by atoms with Crippen LogP contribution in [0.15, 0.2) is 21.5 Å². The van der Waals surface area contributed by atoms with E-state index in [1.807, 2.05) is 0 Å². The molecule has 0 saturated carbocycles. The summed E-state index contributed by atoms with van der Waals surface area (Å²) in [5, 5.41) is 17.1. The van der Waals surface area contributed by atoms with E-state index in [9.17, 15) is 4.79 Å². The third-order valence-electron chi connectivity index (χ3n) is 1.02. The number of hydrogen-bond acceptors (Lipinski definition) is 4. The minimum atomic E-state index is -0.546. The Morgan fingerprint density at radius 1 is 1.55 bits per heavy atom. The average Bonchev–Trinajstić information content (AvgIpc) is 1.95. The zero-order chi connectivity index (χ0) is 7.56. The second-order valence-corrected chi connectivity index (χ2v) is 1.75. The Bertz CT molecular complexity index is 280. The first kappa shape index (κ1) is 10.4. The summed E-state index contributed by atoms with van der Waals surface area (Å²) in [5.74, 6) is -0.306. The van der Waals surface area contributed by atoms with E-state index in [-0.39, 0.29) is 33.4 Å². The van der Waals surface area contributed by atoms with E-state index in [0.717, 1.165) is 12.3 Å². The van der Waals surface area contributed by atoms with Gasteiger partial charge >= 0.3 is 0 Å². The van der Waals surface area contributed by atoms with Crippen molar-refractivity contribution in [3.8, 4) is 5.75 Å². The standard InChI is InChI=1S/C6H6O4.Mo/c7-2-4-1-5(8)6(9)3-10-4;/h1,3,7,9H,2H2;. The van der Waals surface area contributed by atoms with Gasteiger partial charge < -0.3 is 14.6 Å². The molecule has 5 heteroatoms. The average molecular weight is 238 g/mol. The van der Waals surface area contributed by atoms with Crippen molar-refractivity contribution in [3.05, 3.63) is 28.3 Å². The Balaban J connectivity index is 0.000001000. The molecule has 0 saturated heterocycles. The van der Waals surface area contributed by atoms with Gasteiger partial charge in [0.25, 0.3) is 0 Å². The van der Waals surface area contributed by atoms with Crippen molar-refractivity contribution >= 4 is 0 Å². The number of rotatable bonds is 1. The Labute approximate surface area is 76.7 Å². The molecule has 0 spiro atoms. The van der Waals surface area contributed by atoms with Crippen molar-refractivity contribution in [1.82, 2.24) is 0 Å². The van der Waals surface area contributed by atoms with E-state index >= 15 is 0 Å². The van der Waals surface area contributed by atoms with Crippen LogP contribution < -0.4 is 5.43 Å². The van der Waals surface area contributed by atoms with Crippen LogP contribution in [0.25, 0.3) is 0 Å². The van der Waals surface area contributed by atoms with Crippen molar-refractivity contribution < 1.29 is 35.7 Å². The largest absolute Gasteiger partial charge is 0.502 e. The van der Waals surface area contributed by atoms with Gasteiger partial charge in [-0.3, -0.25) is 4.79 Å². The minimum absolute atomic E-state index is 0. The summed E-state index contributed by atoms with van der Waals surface area (Å²) in [4.78, 5) is 10.6. The zero-order valence-electron chi connectivity index (χ0n) is 5.48. The van der Waals surface area contributed by atoms with Crippen molar-refractivity contribution in [2.75, 3.05) is 0 Å². The van der Waals surface area contributed by atoms with Gasteiger partial charge in [0.05, 0.1) is 0 Å². The van der Waals surface area contributed by atoms with Crippen LogP contribution in [0.1, 0.15) is 5.76 Å². The molecule has 0 atom stereocenters. The summed E-state index contributed by atoms with van der Waals surface area (Å²) in [6.45, 7) is -0.338. The molecule has 0 aliphatic heterocycles. The van der Waals surface area contributed by atoms with Gasteiger partial charge in [-0.05, 0) is 0 Å². The Kier molecular flexibility index (Phi) is 4.08. The molecule has 4 nitrogen and oxygen atoms in total. The molecule has 1 aromatic heterocycles. The van der Waals surface area contributed by atoms with Crippen LogP contribution >= 0.6 is 0 Å². The topological polar surface area (TPSA) is 70.7 Å². The van der Waals surface area contributed by atoms with Crippen molar-refractivity contribution in [1.29, 1.82) is 0 Å². The quantitative estimate of drug-likeness (QED) is 0.666. The maximum absolute atomic E-state index is 10.6. The van der Waals surface area contributed by atoms with Gasteiger partial charge in [0, 0.05) is 27.1 Å². The molecule has 60 valence electrons. The van der Waals surface area contributed by atoms with Gasteiger partial charge in [0.1, 0.15) is 18.6 Å². The van der Waals surface area contributed by atoms with Gasteiger partial charge in [-0.15, -0.1) is 0 Å². The van der Waals surface area contributed by atoms with Gasteiger partial charge in [-0.2, -0.15) is 0 Å². The maximum Gasteiger partial charge on any atom is 0.226 e. The summed E-state index contributed by atoms with van der Waals surface area (Å²) in [7, 11) is 0. The Morgan fingerprint density at radius 2 is 2.18 bits per heavy atom. The summed E-state index contributed by atoms with van der Waals surface area (Å²) in [6.07, 6.45) is 0.897. The molecule has 0 amide bonds.